The molecule has 0 bridgehead atoms. The Morgan fingerprint density at radius 1 is 1.50 bits per heavy atom. The summed E-state index contributed by atoms with van der Waals surface area (Å²) in [5.41, 5.74) is 1.51. The fourth-order valence-corrected chi connectivity index (χ4v) is 2.54. The topological polar surface area (TPSA) is 58.4 Å². The molecule has 0 radical (unpaired) electrons. The van der Waals surface area contributed by atoms with Crippen molar-refractivity contribution in [1.82, 2.24) is 0 Å². The summed E-state index contributed by atoms with van der Waals surface area (Å²) in [7, 11) is 1.94. The second kappa shape index (κ2) is 6.11. The number of nitro groups is 1. The minimum absolute atomic E-state index is 0.191. The highest BCUT2D eigenvalue weighted by molar-refractivity contribution is 5.76. The quantitative estimate of drug-likeness (QED) is 0.612. The van der Waals surface area contributed by atoms with Gasteiger partial charge in [0.25, 0.3) is 0 Å². The van der Waals surface area contributed by atoms with Gasteiger partial charge in [0.05, 0.1) is 4.92 Å². The number of benzene rings is 1. The van der Waals surface area contributed by atoms with Gasteiger partial charge in [-0.3, -0.25) is 10.1 Å². The Balaban J connectivity index is 2.23. The lowest BCUT2D eigenvalue weighted by Crippen LogP contribution is -2.22. The van der Waals surface area contributed by atoms with Crippen molar-refractivity contribution in [2.45, 2.75) is 26.7 Å². The molecule has 20 heavy (non-hydrogen) atoms. The summed E-state index contributed by atoms with van der Waals surface area (Å²) >= 11 is 0. The van der Waals surface area contributed by atoms with Crippen molar-refractivity contribution in [1.29, 1.82) is 0 Å². The normalized spacial score (nSPS) is 20.6. The van der Waals surface area contributed by atoms with Gasteiger partial charge in [-0.25, -0.2) is 0 Å². The number of nitro benzene ring substituents is 1. The third-order valence-electron chi connectivity index (χ3n) is 3.96. The van der Waals surface area contributed by atoms with Crippen LogP contribution in [0.2, 0.25) is 0 Å². The average molecular weight is 277 g/mol. The Morgan fingerprint density at radius 3 is 2.75 bits per heavy atom. The lowest BCUT2D eigenvalue weighted by Gasteiger charge is -2.20. The van der Waals surface area contributed by atoms with E-state index in [1.807, 2.05) is 31.0 Å². The first-order valence-electron chi connectivity index (χ1n) is 7.27. The third kappa shape index (κ3) is 3.21. The van der Waals surface area contributed by atoms with Crippen molar-refractivity contribution >= 4 is 17.1 Å². The molecule has 5 nitrogen and oxygen atoms in total. The number of rotatable bonds is 7. The zero-order valence-electron chi connectivity index (χ0n) is 12.4. The predicted octanol–water partition coefficient (Wildman–Crippen LogP) is 3.51. The minimum atomic E-state index is -0.278. The van der Waals surface area contributed by atoms with Crippen molar-refractivity contribution < 1.29 is 4.92 Å². The molecule has 1 aromatic carbocycles. The fourth-order valence-electron chi connectivity index (χ4n) is 2.54. The average Bonchev–Trinajstić information content (AvgIpc) is 3.10. The van der Waals surface area contributed by atoms with Crippen LogP contribution in [-0.4, -0.2) is 25.1 Å². The minimum Gasteiger partial charge on any atom is -0.379 e. The van der Waals surface area contributed by atoms with E-state index < -0.39 is 0 Å². The van der Waals surface area contributed by atoms with Crippen LogP contribution in [0.1, 0.15) is 26.7 Å². The van der Waals surface area contributed by atoms with E-state index in [0.29, 0.717) is 17.3 Å². The van der Waals surface area contributed by atoms with Crippen molar-refractivity contribution in [3.63, 3.8) is 0 Å². The first kappa shape index (κ1) is 14.6. The van der Waals surface area contributed by atoms with E-state index >= 15 is 0 Å². The molecule has 1 aliphatic rings. The maximum atomic E-state index is 11.4. The molecule has 0 heterocycles. The molecule has 5 heteroatoms. The van der Waals surface area contributed by atoms with Crippen LogP contribution < -0.4 is 10.2 Å². The summed E-state index contributed by atoms with van der Waals surface area (Å²) in [5.74, 6) is 1.42. The van der Waals surface area contributed by atoms with Crippen LogP contribution in [0, 0.1) is 22.0 Å². The fraction of sp³-hybridized carbons (Fsp3) is 0.600. The maximum absolute atomic E-state index is 11.4. The van der Waals surface area contributed by atoms with Gasteiger partial charge in [-0.15, -0.1) is 0 Å². The van der Waals surface area contributed by atoms with Gasteiger partial charge in [-0.2, -0.15) is 0 Å². The molecule has 1 saturated carbocycles. The Morgan fingerprint density at radius 2 is 2.20 bits per heavy atom. The molecule has 1 aliphatic carbocycles. The predicted molar refractivity (Wildman–Crippen MR) is 82.4 cm³/mol. The molecular formula is C15H23N3O2. The number of nitrogens with zero attached hydrogens (tertiary/aromatic N) is 2. The maximum Gasteiger partial charge on any atom is 0.315 e. The monoisotopic (exact) mass is 277 g/mol. The molecule has 1 N–H and O–H groups in total. The first-order chi connectivity index (χ1) is 9.54. The Labute approximate surface area is 120 Å². The molecule has 110 valence electrons. The number of anilines is 2. The van der Waals surface area contributed by atoms with Gasteiger partial charge < -0.3 is 10.2 Å². The Hall–Kier alpha value is -1.78. The van der Waals surface area contributed by atoms with E-state index in [-0.39, 0.29) is 10.6 Å². The molecule has 2 rings (SSSR count). The molecule has 1 aromatic rings. The van der Waals surface area contributed by atoms with Gasteiger partial charge in [-0.1, -0.05) is 19.9 Å². The summed E-state index contributed by atoms with van der Waals surface area (Å²) in [6, 6.07) is 5.50. The van der Waals surface area contributed by atoms with Crippen LogP contribution in [0.4, 0.5) is 17.1 Å². The number of hydrogen-bond donors (Lipinski definition) is 1. The van der Waals surface area contributed by atoms with Crippen molar-refractivity contribution in [3.05, 3.63) is 28.3 Å². The van der Waals surface area contributed by atoms with Gasteiger partial charge in [0.1, 0.15) is 11.4 Å². The second-order valence-corrected chi connectivity index (χ2v) is 5.71. The standard InChI is InChI=1S/C15H23N3O2/c1-4-8-16-13-6-5-7-14(15(13)18(19)20)17(3)10-12-9-11(12)2/h5-7,11-12,16H,4,8-10H2,1-3H3. The van der Waals surface area contributed by atoms with E-state index in [2.05, 4.69) is 12.2 Å². The van der Waals surface area contributed by atoms with Gasteiger partial charge in [0.15, 0.2) is 0 Å². The smallest absolute Gasteiger partial charge is 0.315 e. The highest BCUT2D eigenvalue weighted by Gasteiger charge is 2.34. The summed E-state index contributed by atoms with van der Waals surface area (Å²) in [4.78, 5) is 13.2. The van der Waals surface area contributed by atoms with Crippen LogP contribution in [0.25, 0.3) is 0 Å². The van der Waals surface area contributed by atoms with Crippen LogP contribution in [0.3, 0.4) is 0 Å². The van der Waals surface area contributed by atoms with Crippen molar-refractivity contribution in [3.8, 4) is 0 Å². The van der Waals surface area contributed by atoms with Crippen molar-refractivity contribution in [2.75, 3.05) is 30.4 Å². The molecule has 0 saturated heterocycles. The molecule has 2 unspecified atom stereocenters. The molecule has 0 aliphatic heterocycles. The number of para-hydroxylation sites is 1. The highest BCUT2D eigenvalue weighted by Crippen LogP contribution is 2.41. The molecule has 1 fully saturated rings. The van der Waals surface area contributed by atoms with E-state index in [9.17, 15) is 10.1 Å². The zero-order valence-corrected chi connectivity index (χ0v) is 12.4. The number of nitrogens with one attached hydrogen (secondary N) is 1. The summed E-state index contributed by atoms with van der Waals surface area (Å²) < 4.78 is 0. The van der Waals surface area contributed by atoms with E-state index in [1.165, 1.54) is 6.42 Å². The van der Waals surface area contributed by atoms with Gasteiger partial charge in [0.2, 0.25) is 0 Å². The van der Waals surface area contributed by atoms with Gasteiger partial charge in [0, 0.05) is 20.1 Å². The summed E-state index contributed by atoms with van der Waals surface area (Å²) in [6.45, 7) is 5.91. The highest BCUT2D eigenvalue weighted by atomic mass is 16.6. The molecule has 0 spiro atoms. The largest absolute Gasteiger partial charge is 0.379 e. The Kier molecular flexibility index (Phi) is 4.47. The molecule has 0 amide bonds. The number of hydrogen-bond acceptors (Lipinski definition) is 4. The van der Waals surface area contributed by atoms with Crippen molar-refractivity contribution in [2.24, 2.45) is 11.8 Å². The lowest BCUT2D eigenvalue weighted by atomic mass is 10.2. The van der Waals surface area contributed by atoms with Crippen LogP contribution in [-0.2, 0) is 0 Å². The lowest BCUT2D eigenvalue weighted by molar-refractivity contribution is -0.383. The van der Waals surface area contributed by atoms with Crippen LogP contribution in [0.5, 0.6) is 0 Å². The van der Waals surface area contributed by atoms with E-state index in [0.717, 1.165) is 25.4 Å². The van der Waals surface area contributed by atoms with Gasteiger partial charge >= 0.3 is 5.69 Å². The Bertz CT molecular complexity index is 490. The van der Waals surface area contributed by atoms with E-state index in [4.69, 9.17) is 0 Å². The second-order valence-electron chi connectivity index (χ2n) is 5.71. The molecule has 0 aromatic heterocycles. The summed E-state index contributed by atoms with van der Waals surface area (Å²) in [5, 5.41) is 14.6. The first-order valence-corrected chi connectivity index (χ1v) is 7.27. The SMILES string of the molecule is CCCNc1cccc(N(C)CC2CC2C)c1[N+](=O)[O-]. The summed E-state index contributed by atoms with van der Waals surface area (Å²) in [6.07, 6.45) is 2.17. The van der Waals surface area contributed by atoms with Crippen LogP contribution in [0.15, 0.2) is 18.2 Å². The molecular weight excluding hydrogens is 254 g/mol. The molecule has 2 atom stereocenters. The van der Waals surface area contributed by atoms with E-state index in [1.54, 1.807) is 6.07 Å². The van der Waals surface area contributed by atoms with Crippen LogP contribution >= 0.6 is 0 Å². The third-order valence-corrected chi connectivity index (χ3v) is 3.96. The van der Waals surface area contributed by atoms with Gasteiger partial charge in [-0.05, 0) is 36.8 Å². The zero-order chi connectivity index (χ0) is 14.7.